The van der Waals surface area contributed by atoms with Gasteiger partial charge in [0.2, 0.25) is 5.91 Å². The summed E-state index contributed by atoms with van der Waals surface area (Å²) < 4.78 is 13.1. The molecule has 0 aromatic heterocycles. The molecule has 9 heteroatoms. The number of rotatable bonds is 7. The number of halogens is 1. The number of benzene rings is 3. The number of carbonyl (C=O) groups is 3. The lowest BCUT2D eigenvalue weighted by Gasteiger charge is -2.36. The van der Waals surface area contributed by atoms with Gasteiger partial charge in [-0.25, -0.2) is 9.18 Å². The van der Waals surface area contributed by atoms with Gasteiger partial charge in [0.15, 0.2) is 0 Å². The number of carbonyl (C=O) groups excluding carboxylic acids is 2. The molecule has 2 amide bonds. The predicted octanol–water partition coefficient (Wildman–Crippen LogP) is 3.85. The zero-order chi connectivity index (χ0) is 25.7. The van der Waals surface area contributed by atoms with Crippen molar-refractivity contribution in [1.29, 1.82) is 0 Å². The maximum absolute atomic E-state index is 13.1. The first-order chi connectivity index (χ1) is 17.3. The van der Waals surface area contributed by atoms with E-state index < -0.39 is 17.7 Å². The van der Waals surface area contributed by atoms with Crippen molar-refractivity contribution < 1.29 is 23.9 Å². The average molecular weight is 491 g/mol. The summed E-state index contributed by atoms with van der Waals surface area (Å²) in [6.07, 6.45) is 0. The van der Waals surface area contributed by atoms with E-state index >= 15 is 0 Å². The molecule has 1 aliphatic heterocycles. The first-order valence-corrected chi connectivity index (χ1v) is 11.6. The molecule has 0 saturated carbocycles. The Balaban J connectivity index is 1.35. The summed E-state index contributed by atoms with van der Waals surface area (Å²) in [6.45, 7) is 4.80. The molecule has 1 aliphatic rings. The average Bonchev–Trinajstić information content (AvgIpc) is 2.86. The molecular formula is C27H27FN4O4. The number of piperazine rings is 1. The Hall–Kier alpha value is -4.24. The van der Waals surface area contributed by atoms with Gasteiger partial charge in [-0.05, 0) is 61.5 Å². The summed E-state index contributed by atoms with van der Waals surface area (Å²) >= 11 is 0. The fourth-order valence-electron chi connectivity index (χ4n) is 4.02. The van der Waals surface area contributed by atoms with Crippen molar-refractivity contribution in [2.45, 2.75) is 6.92 Å². The van der Waals surface area contributed by atoms with Gasteiger partial charge >= 0.3 is 5.97 Å². The molecule has 3 aromatic rings. The van der Waals surface area contributed by atoms with Crippen molar-refractivity contribution in [3.8, 4) is 0 Å². The van der Waals surface area contributed by atoms with Crippen LogP contribution in [0.3, 0.4) is 0 Å². The maximum Gasteiger partial charge on any atom is 0.337 e. The van der Waals surface area contributed by atoms with Gasteiger partial charge in [-0.3, -0.25) is 14.5 Å². The van der Waals surface area contributed by atoms with Gasteiger partial charge in [-0.15, -0.1) is 0 Å². The summed E-state index contributed by atoms with van der Waals surface area (Å²) in [5.74, 6) is -2.24. The van der Waals surface area contributed by atoms with Gasteiger partial charge in [-0.1, -0.05) is 17.7 Å². The number of aromatic carboxylic acids is 1. The lowest BCUT2D eigenvalue weighted by atomic mass is 10.1. The first-order valence-electron chi connectivity index (χ1n) is 11.6. The quantitative estimate of drug-likeness (QED) is 0.465. The Kier molecular flexibility index (Phi) is 7.60. The summed E-state index contributed by atoms with van der Waals surface area (Å²) in [4.78, 5) is 40.9. The fourth-order valence-corrected chi connectivity index (χ4v) is 4.02. The van der Waals surface area contributed by atoms with Crippen LogP contribution < -0.4 is 15.5 Å². The second-order valence-electron chi connectivity index (χ2n) is 8.67. The molecule has 0 atom stereocenters. The first kappa shape index (κ1) is 24.9. The van der Waals surface area contributed by atoms with E-state index in [1.807, 2.05) is 36.1 Å². The number of hydrogen-bond acceptors (Lipinski definition) is 5. The minimum atomic E-state index is -1.17. The minimum absolute atomic E-state index is 0.0390. The van der Waals surface area contributed by atoms with Gasteiger partial charge < -0.3 is 20.6 Å². The Morgan fingerprint density at radius 3 is 2.19 bits per heavy atom. The highest BCUT2D eigenvalue weighted by atomic mass is 19.1. The molecule has 186 valence electrons. The highest BCUT2D eigenvalue weighted by Gasteiger charge is 2.22. The lowest BCUT2D eigenvalue weighted by Crippen LogP contribution is -2.48. The van der Waals surface area contributed by atoms with Crippen molar-refractivity contribution >= 4 is 34.8 Å². The van der Waals surface area contributed by atoms with Crippen molar-refractivity contribution in [3.63, 3.8) is 0 Å². The van der Waals surface area contributed by atoms with E-state index in [-0.39, 0.29) is 29.3 Å². The van der Waals surface area contributed by atoms with Gasteiger partial charge in [0, 0.05) is 43.1 Å². The smallest absolute Gasteiger partial charge is 0.337 e. The van der Waals surface area contributed by atoms with Crippen molar-refractivity contribution in [2.24, 2.45) is 0 Å². The van der Waals surface area contributed by atoms with Crippen molar-refractivity contribution in [1.82, 2.24) is 4.90 Å². The number of carboxylic acid groups (broad SMARTS) is 1. The molecule has 3 N–H and O–H groups in total. The number of nitrogens with one attached hydrogen (secondary N) is 2. The number of aryl methyl sites for hydroxylation is 1. The molecule has 1 fully saturated rings. The van der Waals surface area contributed by atoms with Crippen LogP contribution in [0.2, 0.25) is 0 Å². The van der Waals surface area contributed by atoms with Gasteiger partial charge in [0.25, 0.3) is 5.91 Å². The van der Waals surface area contributed by atoms with E-state index in [1.54, 1.807) is 12.1 Å². The van der Waals surface area contributed by atoms with Crippen molar-refractivity contribution in [2.75, 3.05) is 48.3 Å². The minimum Gasteiger partial charge on any atom is -0.478 e. The van der Waals surface area contributed by atoms with E-state index in [2.05, 4.69) is 15.5 Å². The second-order valence-corrected chi connectivity index (χ2v) is 8.67. The Morgan fingerprint density at radius 2 is 1.56 bits per heavy atom. The van der Waals surface area contributed by atoms with E-state index in [9.17, 15) is 23.9 Å². The third-order valence-electron chi connectivity index (χ3n) is 6.03. The molecule has 3 aromatic carbocycles. The van der Waals surface area contributed by atoms with E-state index in [0.717, 1.165) is 16.9 Å². The molecule has 8 nitrogen and oxygen atoms in total. The van der Waals surface area contributed by atoms with Crippen molar-refractivity contribution in [3.05, 3.63) is 89.2 Å². The van der Waals surface area contributed by atoms with Crippen LogP contribution in [0.15, 0.2) is 66.7 Å². The van der Waals surface area contributed by atoms with E-state index in [1.165, 1.54) is 30.3 Å². The Labute approximate surface area is 208 Å². The molecule has 0 radical (unpaired) electrons. The highest BCUT2D eigenvalue weighted by molar-refractivity contribution is 6.08. The largest absolute Gasteiger partial charge is 0.478 e. The number of anilines is 3. The molecular weight excluding hydrogens is 463 g/mol. The predicted molar refractivity (Wildman–Crippen MR) is 136 cm³/mol. The fraction of sp³-hybridized carbons (Fsp3) is 0.222. The molecule has 0 spiro atoms. The molecule has 36 heavy (non-hydrogen) atoms. The number of nitrogens with zero attached hydrogens (tertiary/aromatic N) is 2. The van der Waals surface area contributed by atoms with Crippen LogP contribution in [0.1, 0.15) is 26.3 Å². The third-order valence-corrected chi connectivity index (χ3v) is 6.03. The van der Waals surface area contributed by atoms with Gasteiger partial charge in [0.05, 0.1) is 17.8 Å². The molecule has 1 saturated heterocycles. The molecule has 4 rings (SSSR count). The van der Waals surface area contributed by atoms with Crippen LogP contribution in [0.4, 0.5) is 21.5 Å². The highest BCUT2D eigenvalue weighted by Crippen LogP contribution is 2.25. The van der Waals surface area contributed by atoms with Crippen LogP contribution in [-0.2, 0) is 4.79 Å². The zero-order valence-corrected chi connectivity index (χ0v) is 19.8. The van der Waals surface area contributed by atoms with Crippen LogP contribution in [0.5, 0.6) is 0 Å². The van der Waals surface area contributed by atoms with Crippen LogP contribution in [-0.4, -0.2) is 60.5 Å². The lowest BCUT2D eigenvalue weighted by molar-refractivity contribution is -0.117. The van der Waals surface area contributed by atoms with E-state index in [4.69, 9.17) is 0 Å². The monoisotopic (exact) mass is 490 g/mol. The maximum atomic E-state index is 13.1. The molecule has 0 unspecified atom stereocenters. The molecule has 0 aliphatic carbocycles. The van der Waals surface area contributed by atoms with Crippen LogP contribution >= 0.6 is 0 Å². The number of carboxylic acids is 1. The normalized spacial score (nSPS) is 13.8. The Bertz CT molecular complexity index is 1250. The third kappa shape index (κ3) is 6.25. The SMILES string of the molecule is Cc1ccc(NC(=O)CN2CCN(c3ccc(NC(=O)c4ccc(F)cc4)c(C(=O)O)c3)CC2)cc1. The zero-order valence-electron chi connectivity index (χ0n) is 19.8. The number of hydrogen-bond donors (Lipinski definition) is 3. The standard InChI is InChI=1S/C27H27FN4O4/c1-18-2-8-21(9-3-18)29-25(33)17-31-12-14-32(15-13-31)22-10-11-24(23(16-22)27(35)36)30-26(34)19-4-6-20(28)7-5-19/h2-11,16H,12-15,17H2,1H3,(H,29,33)(H,30,34)(H,35,36). The topological polar surface area (TPSA) is 102 Å². The molecule has 0 bridgehead atoms. The number of amides is 2. The summed E-state index contributed by atoms with van der Waals surface area (Å²) in [5, 5.41) is 15.2. The van der Waals surface area contributed by atoms with Crippen LogP contribution in [0, 0.1) is 12.7 Å². The van der Waals surface area contributed by atoms with Gasteiger partial charge in [-0.2, -0.15) is 0 Å². The van der Waals surface area contributed by atoms with Gasteiger partial charge in [0.1, 0.15) is 5.82 Å². The Morgan fingerprint density at radius 1 is 0.889 bits per heavy atom. The van der Waals surface area contributed by atoms with E-state index in [0.29, 0.717) is 26.2 Å². The summed E-state index contributed by atoms with van der Waals surface area (Å²) in [5.41, 5.74) is 2.95. The molecule has 1 heterocycles. The second kappa shape index (κ2) is 11.0. The summed E-state index contributed by atoms with van der Waals surface area (Å²) in [6, 6.07) is 17.5. The van der Waals surface area contributed by atoms with Crippen LogP contribution in [0.25, 0.3) is 0 Å². The summed E-state index contributed by atoms with van der Waals surface area (Å²) in [7, 11) is 0.